The van der Waals surface area contributed by atoms with Gasteiger partial charge >= 0.3 is 6.61 Å². The molecule has 0 radical (unpaired) electrons. The molecule has 5 nitrogen and oxygen atoms in total. The summed E-state index contributed by atoms with van der Waals surface area (Å²) in [5.74, 6) is -2.23. The van der Waals surface area contributed by atoms with E-state index < -0.39 is 24.3 Å². The van der Waals surface area contributed by atoms with E-state index in [-0.39, 0.29) is 19.4 Å². The van der Waals surface area contributed by atoms with Crippen molar-refractivity contribution in [3.8, 4) is 5.75 Å². The largest absolute Gasteiger partial charge is 0.494 e. The zero-order chi connectivity index (χ0) is 21.4. The zero-order valence-electron chi connectivity index (χ0n) is 16.4. The molecule has 8 heteroatoms. The van der Waals surface area contributed by atoms with Crippen LogP contribution in [0.4, 0.5) is 8.78 Å². The zero-order valence-corrected chi connectivity index (χ0v) is 17.2. The first-order valence-electron chi connectivity index (χ1n) is 9.82. The number of hydrogen-bond donors (Lipinski definition) is 1. The van der Waals surface area contributed by atoms with Crippen molar-refractivity contribution in [2.45, 2.75) is 50.5 Å². The molecule has 0 spiro atoms. The number of rotatable bonds is 7. The minimum absolute atomic E-state index is 0.0777. The van der Waals surface area contributed by atoms with Gasteiger partial charge in [0, 0.05) is 23.4 Å². The highest BCUT2D eigenvalue weighted by molar-refractivity contribution is 6.31. The van der Waals surface area contributed by atoms with Crippen LogP contribution in [0.3, 0.4) is 0 Å². The van der Waals surface area contributed by atoms with Crippen molar-refractivity contribution in [2.24, 2.45) is 0 Å². The van der Waals surface area contributed by atoms with Crippen molar-refractivity contribution in [1.29, 1.82) is 0 Å². The molecule has 2 aromatic carbocycles. The summed E-state index contributed by atoms with van der Waals surface area (Å²) < 4.78 is 47.6. The molecule has 1 unspecified atom stereocenters. The lowest BCUT2D eigenvalue weighted by Crippen LogP contribution is -2.48. The predicted molar refractivity (Wildman–Crippen MR) is 106 cm³/mol. The molecule has 0 aliphatic carbocycles. The fraction of sp³-hybridized carbons (Fsp3) is 0.455. The average Bonchev–Trinajstić information content (AvgIpc) is 2.96. The Hall–Kier alpha value is -1.77. The van der Waals surface area contributed by atoms with E-state index in [4.69, 9.17) is 25.8 Å². The van der Waals surface area contributed by atoms with E-state index in [1.807, 2.05) is 37.3 Å². The topological polar surface area (TPSA) is 57.2 Å². The van der Waals surface area contributed by atoms with Crippen LogP contribution >= 0.6 is 11.6 Å². The molecular weight excluding hydrogens is 418 g/mol. The molecule has 0 aromatic heterocycles. The number of aliphatic hydroxyl groups is 1. The quantitative estimate of drug-likeness (QED) is 0.681. The van der Waals surface area contributed by atoms with E-state index in [2.05, 4.69) is 4.74 Å². The smallest absolute Gasteiger partial charge is 0.347 e. The molecule has 2 bridgehead atoms. The van der Waals surface area contributed by atoms with Crippen LogP contribution in [0, 0.1) is 0 Å². The molecule has 1 N–H and O–H groups in total. The second-order valence-corrected chi connectivity index (χ2v) is 7.96. The van der Waals surface area contributed by atoms with Crippen LogP contribution in [0.25, 0.3) is 0 Å². The SMILES string of the molecule is CCOc1ccc(Cc2cc([C@]34CC(O)C[C@](OC(F)F)(CO3)O4)ccc2Cl)cc1. The molecule has 0 saturated carbocycles. The van der Waals surface area contributed by atoms with Gasteiger partial charge in [0.25, 0.3) is 0 Å². The van der Waals surface area contributed by atoms with Crippen LogP contribution in [-0.2, 0) is 26.4 Å². The number of fused-ring (bicyclic) bond motifs is 2. The summed E-state index contributed by atoms with van der Waals surface area (Å²) in [6.45, 7) is -0.701. The van der Waals surface area contributed by atoms with Crippen molar-refractivity contribution >= 4 is 11.6 Å². The molecule has 30 heavy (non-hydrogen) atoms. The van der Waals surface area contributed by atoms with Gasteiger partial charge in [-0.1, -0.05) is 29.8 Å². The first-order valence-corrected chi connectivity index (χ1v) is 10.2. The van der Waals surface area contributed by atoms with Crippen molar-refractivity contribution in [2.75, 3.05) is 13.2 Å². The normalized spacial score (nSPS) is 28.1. The molecule has 2 fully saturated rings. The Morgan fingerprint density at radius 2 is 1.97 bits per heavy atom. The van der Waals surface area contributed by atoms with Crippen LogP contribution < -0.4 is 4.74 Å². The molecule has 2 heterocycles. The summed E-state index contributed by atoms with van der Waals surface area (Å²) in [6.07, 6.45) is -0.307. The fourth-order valence-corrected chi connectivity index (χ4v) is 4.28. The number of hydrogen-bond acceptors (Lipinski definition) is 5. The minimum atomic E-state index is -3.03. The number of ether oxygens (including phenoxy) is 4. The van der Waals surface area contributed by atoms with Crippen LogP contribution in [0.15, 0.2) is 42.5 Å². The second-order valence-electron chi connectivity index (χ2n) is 7.55. The standard InChI is InChI=1S/C22H23ClF2O5/c1-2-27-18-6-3-14(4-7-18)9-15-10-16(5-8-19(15)23)22-12-17(26)11-21(30-22,13-28-22)29-20(24)25/h3-8,10,17,20,26H,2,9,11-13H2,1H3/t17?,21-,22-/m1/s1. The van der Waals surface area contributed by atoms with Gasteiger partial charge in [-0.3, -0.25) is 4.74 Å². The maximum absolute atomic E-state index is 12.9. The van der Waals surface area contributed by atoms with Crippen molar-refractivity contribution in [3.05, 3.63) is 64.2 Å². The van der Waals surface area contributed by atoms with Crippen molar-refractivity contribution < 1.29 is 32.8 Å². The Labute approximate surface area is 178 Å². The van der Waals surface area contributed by atoms with Gasteiger partial charge in [0.15, 0.2) is 0 Å². The molecule has 3 atom stereocenters. The second kappa shape index (κ2) is 8.40. The molecule has 2 aliphatic rings. The third-order valence-corrected chi connectivity index (χ3v) is 5.71. The third-order valence-electron chi connectivity index (χ3n) is 5.35. The lowest BCUT2D eigenvalue weighted by Gasteiger charge is -2.39. The van der Waals surface area contributed by atoms with E-state index in [9.17, 15) is 13.9 Å². The van der Waals surface area contributed by atoms with Gasteiger partial charge in [-0.25, -0.2) is 0 Å². The molecule has 162 valence electrons. The van der Waals surface area contributed by atoms with Crippen LogP contribution in [0.2, 0.25) is 5.02 Å². The average molecular weight is 441 g/mol. The van der Waals surface area contributed by atoms with Gasteiger partial charge in [-0.05, 0) is 48.7 Å². The summed E-state index contributed by atoms with van der Waals surface area (Å²) in [7, 11) is 0. The van der Waals surface area contributed by atoms with Gasteiger partial charge in [-0.15, -0.1) is 0 Å². The molecule has 2 saturated heterocycles. The minimum Gasteiger partial charge on any atom is -0.494 e. The van der Waals surface area contributed by atoms with Gasteiger partial charge in [0.05, 0.1) is 12.7 Å². The fourth-order valence-electron chi connectivity index (χ4n) is 4.09. The third kappa shape index (κ3) is 4.31. The van der Waals surface area contributed by atoms with Crippen LogP contribution in [0.1, 0.15) is 36.5 Å². The predicted octanol–water partition coefficient (Wildman–Crippen LogP) is 4.62. The highest BCUT2D eigenvalue weighted by Crippen LogP contribution is 2.50. The van der Waals surface area contributed by atoms with Crippen LogP contribution in [-0.4, -0.2) is 36.8 Å². The summed E-state index contributed by atoms with van der Waals surface area (Å²) in [6, 6.07) is 13.0. The van der Waals surface area contributed by atoms with E-state index in [1.54, 1.807) is 12.1 Å². The molecule has 2 aromatic rings. The van der Waals surface area contributed by atoms with Crippen molar-refractivity contribution in [1.82, 2.24) is 0 Å². The Balaban J connectivity index is 1.60. The Kier molecular flexibility index (Phi) is 6.01. The highest BCUT2D eigenvalue weighted by Gasteiger charge is 2.59. The lowest BCUT2D eigenvalue weighted by molar-refractivity contribution is -0.352. The van der Waals surface area contributed by atoms with Crippen LogP contribution in [0.5, 0.6) is 5.75 Å². The number of aliphatic hydroxyl groups excluding tert-OH is 1. The Morgan fingerprint density at radius 1 is 1.20 bits per heavy atom. The monoisotopic (exact) mass is 440 g/mol. The molecule has 0 amide bonds. The van der Waals surface area contributed by atoms with Gasteiger partial charge in [-0.2, -0.15) is 8.78 Å². The first kappa shape index (κ1) is 21.5. The summed E-state index contributed by atoms with van der Waals surface area (Å²) >= 11 is 6.41. The summed E-state index contributed by atoms with van der Waals surface area (Å²) in [4.78, 5) is 0. The lowest BCUT2D eigenvalue weighted by atomic mass is 9.91. The maximum atomic E-state index is 12.9. The van der Waals surface area contributed by atoms with Gasteiger partial charge in [0.1, 0.15) is 12.4 Å². The van der Waals surface area contributed by atoms with E-state index >= 15 is 0 Å². The van der Waals surface area contributed by atoms with Crippen molar-refractivity contribution in [3.63, 3.8) is 0 Å². The number of benzene rings is 2. The Bertz CT molecular complexity index is 890. The maximum Gasteiger partial charge on any atom is 0.347 e. The van der Waals surface area contributed by atoms with E-state index in [0.717, 1.165) is 16.9 Å². The van der Waals surface area contributed by atoms with E-state index in [0.29, 0.717) is 23.6 Å². The number of halogens is 3. The van der Waals surface area contributed by atoms with Gasteiger partial charge in [0.2, 0.25) is 11.6 Å². The summed E-state index contributed by atoms with van der Waals surface area (Å²) in [5, 5.41) is 10.9. The van der Waals surface area contributed by atoms with Gasteiger partial charge < -0.3 is 19.3 Å². The molecular formula is C22H23ClF2O5. The number of alkyl halides is 2. The Morgan fingerprint density at radius 3 is 2.67 bits per heavy atom. The molecule has 2 aliphatic heterocycles. The van der Waals surface area contributed by atoms with E-state index in [1.165, 1.54) is 0 Å². The molecule has 4 rings (SSSR count). The highest BCUT2D eigenvalue weighted by atomic mass is 35.5. The summed E-state index contributed by atoms with van der Waals surface area (Å²) in [5.41, 5.74) is 2.46. The first-order chi connectivity index (χ1) is 14.3.